The first-order valence-electron chi connectivity index (χ1n) is 6.26. The Kier molecular flexibility index (Phi) is 4.16. The molecule has 1 heterocycles. The van der Waals surface area contributed by atoms with E-state index in [9.17, 15) is 0 Å². The molecule has 0 bridgehead atoms. The van der Waals surface area contributed by atoms with Gasteiger partial charge < -0.3 is 9.47 Å². The van der Waals surface area contributed by atoms with E-state index in [1.54, 1.807) is 0 Å². The van der Waals surface area contributed by atoms with Gasteiger partial charge in [-0.1, -0.05) is 19.9 Å². The van der Waals surface area contributed by atoms with Crippen molar-refractivity contribution < 1.29 is 9.47 Å². The predicted octanol–water partition coefficient (Wildman–Crippen LogP) is 3.97. The highest BCUT2D eigenvalue weighted by molar-refractivity contribution is 6.21. The highest BCUT2D eigenvalue weighted by Crippen LogP contribution is 2.35. The van der Waals surface area contributed by atoms with E-state index in [4.69, 9.17) is 21.1 Å². The first-order valence-corrected chi connectivity index (χ1v) is 6.69. The van der Waals surface area contributed by atoms with Gasteiger partial charge in [0.05, 0.1) is 13.2 Å². The second-order valence-electron chi connectivity index (χ2n) is 4.47. The molecule has 0 spiro atoms. The van der Waals surface area contributed by atoms with Crippen LogP contribution in [0.5, 0.6) is 11.5 Å². The van der Waals surface area contributed by atoms with E-state index in [-0.39, 0.29) is 5.38 Å². The predicted molar refractivity (Wildman–Crippen MR) is 70.4 cm³/mol. The summed E-state index contributed by atoms with van der Waals surface area (Å²) in [4.78, 5) is 0. The van der Waals surface area contributed by atoms with Crippen LogP contribution < -0.4 is 9.47 Å². The molecule has 0 aromatic heterocycles. The minimum absolute atomic E-state index is 0.166. The molecule has 0 fully saturated rings. The summed E-state index contributed by atoms with van der Waals surface area (Å²) < 4.78 is 11.3. The lowest BCUT2D eigenvalue weighted by Crippen LogP contribution is -2.08. The Morgan fingerprint density at radius 2 is 1.94 bits per heavy atom. The Balaban J connectivity index is 2.23. The minimum atomic E-state index is 0.166. The molecule has 1 aromatic carbocycles. The molecule has 2 unspecified atom stereocenters. The van der Waals surface area contributed by atoms with E-state index < -0.39 is 0 Å². The summed E-state index contributed by atoms with van der Waals surface area (Å²) in [5.41, 5.74) is 1.22. The van der Waals surface area contributed by atoms with Crippen molar-refractivity contribution in [1.82, 2.24) is 0 Å². The number of ether oxygens (including phenoxy) is 2. The fourth-order valence-corrected chi connectivity index (χ4v) is 2.17. The third-order valence-electron chi connectivity index (χ3n) is 3.23. The average Bonchev–Trinajstić information content (AvgIpc) is 2.61. The van der Waals surface area contributed by atoms with E-state index in [1.807, 2.05) is 6.07 Å². The number of benzene rings is 1. The van der Waals surface area contributed by atoms with Gasteiger partial charge in [-0.15, -0.1) is 11.6 Å². The molecule has 17 heavy (non-hydrogen) atoms. The molecule has 0 N–H and O–H groups in total. The van der Waals surface area contributed by atoms with Gasteiger partial charge in [-0.3, -0.25) is 0 Å². The van der Waals surface area contributed by atoms with Crippen molar-refractivity contribution in [3.63, 3.8) is 0 Å². The molecule has 3 heteroatoms. The zero-order valence-corrected chi connectivity index (χ0v) is 11.2. The number of halogens is 1. The Morgan fingerprint density at radius 3 is 2.65 bits per heavy atom. The molecule has 1 aliphatic heterocycles. The van der Waals surface area contributed by atoms with E-state index in [1.165, 1.54) is 5.56 Å². The number of fused-ring (bicyclic) bond motifs is 1. The van der Waals surface area contributed by atoms with E-state index in [2.05, 4.69) is 26.0 Å². The summed E-state index contributed by atoms with van der Waals surface area (Å²) in [5, 5.41) is 0.166. The first-order chi connectivity index (χ1) is 8.22. The lowest BCUT2D eigenvalue weighted by Gasteiger charge is -2.18. The maximum atomic E-state index is 6.29. The Hall–Kier alpha value is -0.890. The van der Waals surface area contributed by atoms with Gasteiger partial charge in [-0.05, 0) is 30.0 Å². The van der Waals surface area contributed by atoms with E-state index in [0.29, 0.717) is 5.92 Å². The van der Waals surface area contributed by atoms with Gasteiger partial charge in [0.15, 0.2) is 11.5 Å². The molecule has 2 atom stereocenters. The second-order valence-corrected chi connectivity index (χ2v) is 5.03. The maximum Gasteiger partial charge on any atom is 0.161 e. The number of rotatable bonds is 3. The monoisotopic (exact) mass is 254 g/mol. The molecule has 0 radical (unpaired) electrons. The van der Waals surface area contributed by atoms with Crippen molar-refractivity contribution in [2.24, 2.45) is 0 Å². The summed E-state index contributed by atoms with van der Waals surface area (Å²) in [6.07, 6.45) is 1.91. The molecular weight excluding hydrogens is 236 g/mol. The van der Waals surface area contributed by atoms with Crippen LogP contribution in [-0.4, -0.2) is 18.6 Å². The average molecular weight is 255 g/mol. The lowest BCUT2D eigenvalue weighted by atomic mass is 9.96. The third kappa shape index (κ3) is 2.86. The topological polar surface area (TPSA) is 18.5 Å². The number of hydrogen-bond donors (Lipinski definition) is 0. The quantitative estimate of drug-likeness (QED) is 0.760. The van der Waals surface area contributed by atoms with Crippen LogP contribution in [0.15, 0.2) is 18.2 Å². The summed E-state index contributed by atoms with van der Waals surface area (Å²) >= 11 is 6.29. The second kappa shape index (κ2) is 5.63. The van der Waals surface area contributed by atoms with Crippen LogP contribution in [-0.2, 0) is 0 Å². The van der Waals surface area contributed by atoms with Gasteiger partial charge in [0.2, 0.25) is 0 Å². The van der Waals surface area contributed by atoms with E-state index in [0.717, 1.165) is 37.6 Å². The van der Waals surface area contributed by atoms with Crippen LogP contribution in [0.2, 0.25) is 0 Å². The van der Waals surface area contributed by atoms with Gasteiger partial charge in [-0.25, -0.2) is 0 Å². The maximum absolute atomic E-state index is 6.29. The zero-order valence-electron chi connectivity index (χ0n) is 10.4. The van der Waals surface area contributed by atoms with Gasteiger partial charge in [0.1, 0.15) is 0 Å². The van der Waals surface area contributed by atoms with Crippen molar-refractivity contribution in [3.05, 3.63) is 23.8 Å². The Bertz CT molecular complexity index is 378. The first kappa shape index (κ1) is 12.6. The number of hydrogen-bond acceptors (Lipinski definition) is 2. The SMILES string of the molecule is CCC(Cl)C(C)c1ccc2c(c1)OCCCO2. The summed E-state index contributed by atoms with van der Waals surface area (Å²) in [6, 6.07) is 6.14. The third-order valence-corrected chi connectivity index (χ3v) is 3.92. The van der Waals surface area contributed by atoms with Crippen molar-refractivity contribution in [2.75, 3.05) is 13.2 Å². The Labute approximate surface area is 108 Å². The molecule has 1 aromatic rings. The fraction of sp³-hybridized carbons (Fsp3) is 0.571. The molecule has 0 amide bonds. The smallest absolute Gasteiger partial charge is 0.161 e. The normalized spacial score (nSPS) is 18.3. The van der Waals surface area contributed by atoms with Crippen LogP contribution >= 0.6 is 11.6 Å². The fourth-order valence-electron chi connectivity index (χ4n) is 2.03. The number of alkyl halides is 1. The largest absolute Gasteiger partial charge is 0.490 e. The van der Waals surface area contributed by atoms with E-state index >= 15 is 0 Å². The van der Waals surface area contributed by atoms with Crippen molar-refractivity contribution >= 4 is 11.6 Å². The molecule has 0 aliphatic carbocycles. The van der Waals surface area contributed by atoms with Gasteiger partial charge in [0, 0.05) is 11.8 Å². The summed E-state index contributed by atoms with van der Waals surface area (Å²) in [6.45, 7) is 5.72. The standard InChI is InChI=1S/C14H19ClO2/c1-3-12(15)10(2)11-5-6-13-14(9-11)17-8-4-7-16-13/h5-6,9-10,12H,3-4,7-8H2,1-2H3. The lowest BCUT2D eigenvalue weighted by molar-refractivity contribution is 0.297. The highest BCUT2D eigenvalue weighted by atomic mass is 35.5. The zero-order chi connectivity index (χ0) is 12.3. The molecule has 0 saturated carbocycles. The van der Waals surface area contributed by atoms with Crippen LogP contribution in [0, 0.1) is 0 Å². The summed E-state index contributed by atoms with van der Waals surface area (Å²) in [7, 11) is 0. The molecule has 1 aliphatic rings. The van der Waals surface area contributed by atoms with Gasteiger partial charge in [-0.2, -0.15) is 0 Å². The summed E-state index contributed by atoms with van der Waals surface area (Å²) in [5.74, 6) is 2.03. The molecule has 94 valence electrons. The van der Waals surface area contributed by atoms with Gasteiger partial charge >= 0.3 is 0 Å². The van der Waals surface area contributed by atoms with Crippen LogP contribution in [0.3, 0.4) is 0 Å². The highest BCUT2D eigenvalue weighted by Gasteiger charge is 2.17. The minimum Gasteiger partial charge on any atom is -0.490 e. The van der Waals surface area contributed by atoms with Crippen LogP contribution in [0.1, 0.15) is 38.2 Å². The molecule has 0 saturated heterocycles. The molecular formula is C14H19ClO2. The molecule has 2 nitrogen and oxygen atoms in total. The molecule has 2 rings (SSSR count). The van der Waals surface area contributed by atoms with Crippen molar-refractivity contribution in [2.45, 2.75) is 38.0 Å². The van der Waals surface area contributed by atoms with Gasteiger partial charge in [0.25, 0.3) is 0 Å². The van der Waals surface area contributed by atoms with Crippen LogP contribution in [0.4, 0.5) is 0 Å². The Morgan fingerprint density at radius 1 is 1.24 bits per heavy atom. The van der Waals surface area contributed by atoms with Crippen molar-refractivity contribution in [1.29, 1.82) is 0 Å². The van der Waals surface area contributed by atoms with Crippen molar-refractivity contribution in [3.8, 4) is 11.5 Å². The van der Waals surface area contributed by atoms with Crippen LogP contribution in [0.25, 0.3) is 0 Å².